The minimum Gasteiger partial charge on any atom is -0.190 e. The molecule has 1 fully saturated rings. The van der Waals surface area contributed by atoms with Gasteiger partial charge in [-0.05, 0) is 23.0 Å². The highest BCUT2D eigenvalue weighted by atomic mass is 15.2. The summed E-state index contributed by atoms with van der Waals surface area (Å²) in [7, 11) is 0. The third kappa shape index (κ3) is 0.990. The molecule has 4 aliphatic carbocycles. The highest BCUT2D eigenvalue weighted by Crippen LogP contribution is 2.66. The maximum Gasteiger partial charge on any atom is 0.0821 e. The highest BCUT2D eigenvalue weighted by molar-refractivity contribution is 5.49. The lowest BCUT2D eigenvalue weighted by Gasteiger charge is -2.46. The fraction of sp³-hybridized carbons (Fsp3) is 0.529. The monoisotopic (exact) mass is 250 g/mol. The lowest BCUT2D eigenvalue weighted by atomic mass is 9.59. The molecule has 1 aromatic rings. The van der Waals surface area contributed by atoms with E-state index < -0.39 is 0 Å². The van der Waals surface area contributed by atoms with E-state index in [0.29, 0.717) is 35.8 Å². The Morgan fingerprint density at radius 1 is 0.842 bits per heavy atom. The molecule has 96 valence electrons. The zero-order valence-electron chi connectivity index (χ0n) is 11.3. The van der Waals surface area contributed by atoms with Crippen molar-refractivity contribution in [2.24, 2.45) is 27.5 Å². The van der Waals surface area contributed by atoms with E-state index in [9.17, 15) is 0 Å². The smallest absolute Gasteiger partial charge is 0.0821 e. The first-order chi connectivity index (χ1) is 9.19. The molecule has 1 saturated carbocycles. The third-order valence-electron chi connectivity index (χ3n) is 6.08. The highest BCUT2D eigenvalue weighted by Gasteiger charge is 2.65. The van der Waals surface area contributed by atoms with Crippen LogP contribution in [0.1, 0.15) is 36.8 Å². The summed E-state index contributed by atoms with van der Waals surface area (Å²) in [5.74, 6) is 2.50. The molecule has 1 aliphatic heterocycles. The molecule has 0 spiro atoms. The van der Waals surface area contributed by atoms with Crippen LogP contribution in [0.5, 0.6) is 0 Å². The minimum atomic E-state index is 0.250. The summed E-state index contributed by atoms with van der Waals surface area (Å²) in [4.78, 5) is 0. The zero-order chi connectivity index (χ0) is 12.8. The van der Waals surface area contributed by atoms with E-state index >= 15 is 0 Å². The standard InChI is InChI=1S/C17H18N2/c1-17(2)15-13-11-7-8-12(14(13)16(17)19-18-15)10-6-4-3-5-9(10)11/h3-8,11-16H,1-2H3. The fourth-order valence-electron chi connectivity index (χ4n) is 5.29. The summed E-state index contributed by atoms with van der Waals surface area (Å²) < 4.78 is 0. The van der Waals surface area contributed by atoms with Crippen molar-refractivity contribution in [2.45, 2.75) is 37.8 Å². The number of allylic oxidation sites excluding steroid dienone is 2. The normalized spacial score (nSPS) is 46.4. The molecule has 0 saturated heterocycles. The zero-order valence-corrected chi connectivity index (χ0v) is 11.3. The van der Waals surface area contributed by atoms with E-state index in [1.807, 2.05) is 0 Å². The van der Waals surface area contributed by atoms with Gasteiger partial charge in [0.15, 0.2) is 0 Å². The van der Waals surface area contributed by atoms with Crippen molar-refractivity contribution < 1.29 is 0 Å². The molecule has 0 aromatic heterocycles. The first kappa shape index (κ1) is 10.4. The second kappa shape index (κ2) is 3.00. The Labute approximate surface area is 113 Å². The van der Waals surface area contributed by atoms with Gasteiger partial charge in [0.2, 0.25) is 0 Å². The van der Waals surface area contributed by atoms with Gasteiger partial charge < -0.3 is 0 Å². The van der Waals surface area contributed by atoms with E-state index in [1.165, 1.54) is 0 Å². The van der Waals surface area contributed by atoms with Crippen molar-refractivity contribution in [3.05, 3.63) is 47.5 Å². The molecule has 6 rings (SSSR count). The van der Waals surface area contributed by atoms with Gasteiger partial charge in [0, 0.05) is 17.3 Å². The van der Waals surface area contributed by atoms with Gasteiger partial charge in [-0.3, -0.25) is 0 Å². The maximum absolute atomic E-state index is 4.62. The Balaban J connectivity index is 1.75. The average molecular weight is 250 g/mol. The second-order valence-corrected chi connectivity index (χ2v) is 7.16. The van der Waals surface area contributed by atoms with E-state index in [1.54, 1.807) is 11.1 Å². The first-order valence-corrected chi connectivity index (χ1v) is 7.37. The number of azo groups is 1. The molecule has 5 aliphatic rings. The van der Waals surface area contributed by atoms with Crippen LogP contribution in [0.4, 0.5) is 0 Å². The van der Waals surface area contributed by atoms with Crippen LogP contribution in [0.15, 0.2) is 46.6 Å². The molecule has 1 heterocycles. The first-order valence-electron chi connectivity index (χ1n) is 7.37. The minimum absolute atomic E-state index is 0.250. The van der Waals surface area contributed by atoms with Crippen LogP contribution in [0, 0.1) is 17.3 Å². The van der Waals surface area contributed by atoms with Gasteiger partial charge >= 0.3 is 0 Å². The predicted molar refractivity (Wildman–Crippen MR) is 74.3 cm³/mol. The number of rotatable bonds is 0. The van der Waals surface area contributed by atoms with Gasteiger partial charge in [0.1, 0.15) is 0 Å². The van der Waals surface area contributed by atoms with Crippen molar-refractivity contribution in [2.75, 3.05) is 0 Å². The molecule has 4 bridgehead atoms. The maximum atomic E-state index is 4.62. The molecule has 19 heavy (non-hydrogen) atoms. The van der Waals surface area contributed by atoms with E-state index in [4.69, 9.17) is 0 Å². The van der Waals surface area contributed by atoms with Crippen molar-refractivity contribution in [1.29, 1.82) is 0 Å². The molecule has 2 heteroatoms. The van der Waals surface area contributed by atoms with Gasteiger partial charge in [-0.1, -0.05) is 50.3 Å². The SMILES string of the molecule is CC1(C)C2N=NC1C1C3C=CC(c4ccccc43)C12. The van der Waals surface area contributed by atoms with E-state index in [-0.39, 0.29) is 5.41 Å². The largest absolute Gasteiger partial charge is 0.190 e. The predicted octanol–water partition coefficient (Wildman–Crippen LogP) is 3.91. The molecule has 0 radical (unpaired) electrons. The molecule has 6 atom stereocenters. The number of benzene rings is 1. The van der Waals surface area contributed by atoms with Crippen LogP contribution in [-0.2, 0) is 0 Å². The van der Waals surface area contributed by atoms with Crippen LogP contribution in [0.2, 0.25) is 0 Å². The van der Waals surface area contributed by atoms with Crippen molar-refractivity contribution in [3.63, 3.8) is 0 Å². The number of hydrogen-bond acceptors (Lipinski definition) is 2. The Kier molecular flexibility index (Phi) is 1.64. The molecule has 2 nitrogen and oxygen atoms in total. The van der Waals surface area contributed by atoms with Gasteiger partial charge in [0.25, 0.3) is 0 Å². The average Bonchev–Trinajstić information content (AvgIpc) is 2.87. The van der Waals surface area contributed by atoms with Gasteiger partial charge in [-0.15, -0.1) is 0 Å². The van der Waals surface area contributed by atoms with Crippen LogP contribution >= 0.6 is 0 Å². The summed E-state index contributed by atoms with van der Waals surface area (Å²) >= 11 is 0. The Morgan fingerprint density at radius 2 is 1.32 bits per heavy atom. The Bertz CT molecular complexity index is 577. The van der Waals surface area contributed by atoms with Gasteiger partial charge in [-0.2, -0.15) is 10.2 Å². The lowest BCUT2D eigenvalue weighted by Crippen LogP contribution is -2.39. The van der Waals surface area contributed by atoms with Crippen molar-refractivity contribution >= 4 is 0 Å². The number of nitrogens with zero attached hydrogens (tertiary/aromatic N) is 2. The van der Waals surface area contributed by atoms with Crippen LogP contribution in [-0.4, -0.2) is 12.1 Å². The van der Waals surface area contributed by atoms with Crippen LogP contribution in [0.3, 0.4) is 0 Å². The van der Waals surface area contributed by atoms with Crippen molar-refractivity contribution in [3.8, 4) is 0 Å². The van der Waals surface area contributed by atoms with Crippen molar-refractivity contribution in [1.82, 2.24) is 0 Å². The topological polar surface area (TPSA) is 24.7 Å². The number of hydrogen-bond donors (Lipinski definition) is 0. The van der Waals surface area contributed by atoms with Gasteiger partial charge in [-0.25, -0.2) is 0 Å². The fourth-order valence-corrected chi connectivity index (χ4v) is 5.29. The second-order valence-electron chi connectivity index (χ2n) is 7.16. The summed E-state index contributed by atoms with van der Waals surface area (Å²) in [6, 6.07) is 9.86. The summed E-state index contributed by atoms with van der Waals surface area (Å²) in [5, 5.41) is 9.25. The summed E-state index contributed by atoms with van der Waals surface area (Å²) in [6.07, 6.45) is 4.89. The summed E-state index contributed by atoms with van der Waals surface area (Å²) in [5.41, 5.74) is 3.35. The number of fused-ring (bicyclic) bond motifs is 2. The van der Waals surface area contributed by atoms with E-state index in [2.05, 4.69) is 60.5 Å². The van der Waals surface area contributed by atoms with E-state index in [0.717, 1.165) is 0 Å². The molecule has 6 unspecified atom stereocenters. The third-order valence-corrected chi connectivity index (χ3v) is 6.08. The molecule has 0 N–H and O–H groups in total. The molecular formula is C17H18N2. The lowest BCUT2D eigenvalue weighted by molar-refractivity contribution is 0.230. The molecule has 0 amide bonds. The Hall–Kier alpha value is -1.44. The van der Waals surface area contributed by atoms with Crippen LogP contribution in [0.25, 0.3) is 0 Å². The molecule has 1 aromatic carbocycles. The molecular weight excluding hydrogens is 232 g/mol. The van der Waals surface area contributed by atoms with Crippen LogP contribution < -0.4 is 0 Å². The quantitative estimate of drug-likeness (QED) is 0.624. The van der Waals surface area contributed by atoms with Gasteiger partial charge in [0.05, 0.1) is 12.1 Å². The Morgan fingerprint density at radius 3 is 1.79 bits per heavy atom. The summed E-state index contributed by atoms with van der Waals surface area (Å²) in [6.45, 7) is 4.73.